The van der Waals surface area contributed by atoms with E-state index in [1.165, 1.54) is 0 Å². The van der Waals surface area contributed by atoms with Crippen molar-refractivity contribution >= 4 is 5.97 Å². The molecule has 0 unspecified atom stereocenters. The normalized spacial score (nSPS) is 10.8. The Labute approximate surface area is 120 Å². The minimum absolute atomic E-state index is 0.191. The zero-order chi connectivity index (χ0) is 15.0. The van der Waals surface area contributed by atoms with E-state index in [0.29, 0.717) is 22.6 Å². The highest BCUT2D eigenvalue weighted by molar-refractivity contribution is 5.97. The number of aromatic nitrogens is 3. The van der Waals surface area contributed by atoms with Crippen LogP contribution in [-0.2, 0) is 0 Å². The number of carboxylic acid groups (broad SMARTS) is 1. The molecule has 21 heavy (non-hydrogen) atoms. The number of benzene rings is 1. The number of H-pyrrole nitrogens is 1. The summed E-state index contributed by atoms with van der Waals surface area (Å²) < 4.78 is 5.26. The van der Waals surface area contributed by atoms with Crippen LogP contribution in [0.5, 0.6) is 0 Å². The van der Waals surface area contributed by atoms with Gasteiger partial charge in [-0.15, -0.1) is 0 Å². The Bertz CT molecular complexity index is 804. The fourth-order valence-corrected chi connectivity index (χ4v) is 2.27. The van der Waals surface area contributed by atoms with Crippen molar-refractivity contribution in [3.63, 3.8) is 0 Å². The van der Waals surface area contributed by atoms with Crippen LogP contribution in [0.15, 0.2) is 35.0 Å². The third-order valence-corrected chi connectivity index (χ3v) is 3.31. The van der Waals surface area contributed by atoms with Gasteiger partial charge in [0.25, 0.3) is 5.89 Å². The number of aromatic carboxylic acids is 1. The quantitative estimate of drug-likeness (QED) is 0.770. The Balaban J connectivity index is 2.17. The van der Waals surface area contributed by atoms with E-state index in [4.69, 9.17) is 4.52 Å². The Morgan fingerprint density at radius 3 is 2.67 bits per heavy atom. The van der Waals surface area contributed by atoms with Gasteiger partial charge >= 0.3 is 5.97 Å². The van der Waals surface area contributed by atoms with Crippen molar-refractivity contribution in [2.45, 2.75) is 13.8 Å². The molecule has 0 saturated heterocycles. The SMILES string of the molecule is Cc1ccc(C)c(-c2nc(-c3ccc[nH]3)no2)c1C(=O)O. The average Bonchev–Trinajstić information content (AvgIpc) is 3.10. The van der Waals surface area contributed by atoms with E-state index in [1.807, 2.05) is 25.1 Å². The van der Waals surface area contributed by atoms with Crippen LogP contribution in [0.25, 0.3) is 23.0 Å². The maximum Gasteiger partial charge on any atom is 0.336 e. The zero-order valence-corrected chi connectivity index (χ0v) is 11.5. The van der Waals surface area contributed by atoms with Crippen LogP contribution in [0, 0.1) is 13.8 Å². The van der Waals surface area contributed by atoms with Gasteiger partial charge in [0.1, 0.15) is 0 Å². The predicted molar refractivity (Wildman–Crippen MR) is 76.0 cm³/mol. The lowest BCUT2D eigenvalue weighted by Crippen LogP contribution is -2.04. The Morgan fingerprint density at radius 1 is 1.24 bits per heavy atom. The van der Waals surface area contributed by atoms with Crippen LogP contribution in [0.2, 0.25) is 0 Å². The second-order valence-electron chi connectivity index (χ2n) is 4.76. The van der Waals surface area contributed by atoms with Gasteiger partial charge in [-0.25, -0.2) is 4.79 Å². The summed E-state index contributed by atoms with van der Waals surface area (Å²) in [5, 5.41) is 13.3. The first-order chi connectivity index (χ1) is 10.1. The fourth-order valence-electron chi connectivity index (χ4n) is 2.27. The summed E-state index contributed by atoms with van der Waals surface area (Å²) in [6, 6.07) is 7.25. The number of hydrogen-bond donors (Lipinski definition) is 2. The molecule has 0 aliphatic carbocycles. The molecule has 0 spiro atoms. The van der Waals surface area contributed by atoms with Gasteiger partial charge in [0.15, 0.2) is 0 Å². The summed E-state index contributed by atoms with van der Waals surface area (Å²) in [4.78, 5) is 18.8. The number of aromatic amines is 1. The average molecular weight is 283 g/mol. The van der Waals surface area contributed by atoms with Crippen molar-refractivity contribution in [3.05, 3.63) is 47.2 Å². The van der Waals surface area contributed by atoms with Crippen molar-refractivity contribution < 1.29 is 14.4 Å². The molecule has 2 heterocycles. The molecule has 2 aromatic heterocycles. The first kappa shape index (κ1) is 13.1. The van der Waals surface area contributed by atoms with Crippen molar-refractivity contribution in [2.75, 3.05) is 0 Å². The van der Waals surface area contributed by atoms with Gasteiger partial charge in [-0.3, -0.25) is 0 Å². The number of aryl methyl sites for hydroxylation is 2. The molecule has 3 rings (SSSR count). The van der Waals surface area contributed by atoms with Crippen LogP contribution in [0.1, 0.15) is 21.5 Å². The molecule has 0 fully saturated rings. The van der Waals surface area contributed by atoms with E-state index in [2.05, 4.69) is 15.1 Å². The molecule has 106 valence electrons. The van der Waals surface area contributed by atoms with Crippen LogP contribution in [0.4, 0.5) is 0 Å². The van der Waals surface area contributed by atoms with Crippen molar-refractivity contribution in [2.24, 2.45) is 0 Å². The molecule has 0 amide bonds. The third-order valence-electron chi connectivity index (χ3n) is 3.31. The summed E-state index contributed by atoms with van der Waals surface area (Å²) in [5.74, 6) is -0.406. The molecule has 6 nitrogen and oxygen atoms in total. The summed E-state index contributed by atoms with van der Waals surface area (Å²) >= 11 is 0. The number of rotatable bonds is 3. The highest BCUT2D eigenvalue weighted by atomic mass is 16.5. The zero-order valence-electron chi connectivity index (χ0n) is 11.5. The van der Waals surface area contributed by atoms with E-state index < -0.39 is 5.97 Å². The minimum Gasteiger partial charge on any atom is -0.478 e. The Hall–Kier alpha value is -2.89. The number of nitrogens with one attached hydrogen (secondary N) is 1. The molecule has 2 N–H and O–H groups in total. The smallest absolute Gasteiger partial charge is 0.336 e. The van der Waals surface area contributed by atoms with Crippen LogP contribution < -0.4 is 0 Å². The van der Waals surface area contributed by atoms with E-state index >= 15 is 0 Å². The highest BCUT2D eigenvalue weighted by Gasteiger charge is 2.22. The molecule has 0 bridgehead atoms. The molecular formula is C15H13N3O3. The maximum atomic E-state index is 11.5. The van der Waals surface area contributed by atoms with Gasteiger partial charge in [-0.2, -0.15) is 4.98 Å². The lowest BCUT2D eigenvalue weighted by Gasteiger charge is -2.08. The molecular weight excluding hydrogens is 270 g/mol. The van der Waals surface area contributed by atoms with E-state index in [9.17, 15) is 9.90 Å². The van der Waals surface area contributed by atoms with E-state index in [1.54, 1.807) is 19.2 Å². The lowest BCUT2D eigenvalue weighted by molar-refractivity contribution is 0.0696. The molecule has 0 atom stereocenters. The molecule has 6 heteroatoms. The van der Waals surface area contributed by atoms with E-state index in [-0.39, 0.29) is 11.5 Å². The molecule has 0 radical (unpaired) electrons. The van der Waals surface area contributed by atoms with Crippen LogP contribution in [0.3, 0.4) is 0 Å². The van der Waals surface area contributed by atoms with Gasteiger partial charge in [0.2, 0.25) is 5.82 Å². The predicted octanol–water partition coefficient (Wildman–Crippen LogP) is 3.05. The Morgan fingerprint density at radius 2 is 2.00 bits per heavy atom. The highest BCUT2D eigenvalue weighted by Crippen LogP contribution is 2.30. The monoisotopic (exact) mass is 283 g/mol. The number of carbonyl (C=O) groups is 1. The summed E-state index contributed by atoms with van der Waals surface area (Å²) in [7, 11) is 0. The molecule has 0 aliphatic heterocycles. The number of nitrogens with zero attached hydrogens (tertiary/aromatic N) is 2. The second kappa shape index (κ2) is 4.90. The van der Waals surface area contributed by atoms with Crippen molar-refractivity contribution in [1.29, 1.82) is 0 Å². The molecule has 3 aromatic rings. The summed E-state index contributed by atoms with van der Waals surface area (Å²) in [6.07, 6.45) is 1.76. The van der Waals surface area contributed by atoms with Gasteiger partial charge in [-0.05, 0) is 37.1 Å². The minimum atomic E-state index is -1.01. The van der Waals surface area contributed by atoms with Crippen LogP contribution >= 0.6 is 0 Å². The summed E-state index contributed by atoms with van der Waals surface area (Å²) in [6.45, 7) is 3.56. The third kappa shape index (κ3) is 2.20. The standard InChI is InChI=1S/C15H13N3O3/c1-8-5-6-9(2)12(15(19)20)11(8)14-17-13(18-21-14)10-4-3-7-16-10/h3-7,16H,1-2H3,(H,19,20). The van der Waals surface area contributed by atoms with Gasteiger partial charge in [0.05, 0.1) is 16.8 Å². The first-order valence-electron chi connectivity index (χ1n) is 6.39. The fraction of sp³-hybridized carbons (Fsp3) is 0.133. The molecule has 1 aromatic carbocycles. The van der Waals surface area contributed by atoms with Crippen molar-refractivity contribution in [3.8, 4) is 23.0 Å². The van der Waals surface area contributed by atoms with Gasteiger partial charge in [-0.1, -0.05) is 17.3 Å². The molecule has 0 saturated carbocycles. The molecule has 0 aliphatic rings. The lowest BCUT2D eigenvalue weighted by atomic mass is 9.97. The largest absolute Gasteiger partial charge is 0.478 e. The van der Waals surface area contributed by atoms with E-state index in [0.717, 1.165) is 5.56 Å². The van der Waals surface area contributed by atoms with Crippen LogP contribution in [-0.4, -0.2) is 26.2 Å². The van der Waals surface area contributed by atoms with Crippen molar-refractivity contribution in [1.82, 2.24) is 15.1 Å². The number of hydrogen-bond acceptors (Lipinski definition) is 4. The Kier molecular flexibility index (Phi) is 3.06. The topological polar surface area (TPSA) is 92.0 Å². The van der Waals surface area contributed by atoms with Gasteiger partial charge in [0, 0.05) is 6.20 Å². The second-order valence-corrected chi connectivity index (χ2v) is 4.76. The first-order valence-corrected chi connectivity index (χ1v) is 6.39. The number of carboxylic acids is 1. The maximum absolute atomic E-state index is 11.5. The van der Waals surface area contributed by atoms with Gasteiger partial charge < -0.3 is 14.6 Å². The summed E-state index contributed by atoms with van der Waals surface area (Å²) in [5.41, 5.74) is 2.80.